The molecule has 0 rings (SSSR count). The highest BCUT2D eigenvalue weighted by Crippen LogP contribution is 2.26. The Labute approximate surface area is 148 Å². The molecule has 140 valence electrons. The van der Waals surface area contributed by atoms with E-state index >= 15 is 0 Å². The first-order valence-electron chi connectivity index (χ1n) is 11.0. The van der Waals surface area contributed by atoms with Crippen molar-refractivity contribution in [1.82, 2.24) is 0 Å². The maximum Gasteiger partial charge on any atom is 0.0154 e. The van der Waals surface area contributed by atoms with E-state index in [1.165, 1.54) is 116 Å². The van der Waals surface area contributed by atoms with E-state index in [-0.39, 0.29) is 5.54 Å². The van der Waals surface area contributed by atoms with Gasteiger partial charge in [-0.3, -0.25) is 0 Å². The Morgan fingerprint density at radius 1 is 0.435 bits per heavy atom. The molecule has 0 aliphatic heterocycles. The third-order valence-corrected chi connectivity index (χ3v) is 5.33. The van der Waals surface area contributed by atoms with Crippen molar-refractivity contribution in [2.24, 2.45) is 5.73 Å². The summed E-state index contributed by atoms with van der Waals surface area (Å²) in [5, 5.41) is 0. The molecule has 0 saturated carbocycles. The molecule has 0 aliphatic rings. The van der Waals surface area contributed by atoms with E-state index in [2.05, 4.69) is 20.8 Å². The van der Waals surface area contributed by atoms with Crippen molar-refractivity contribution in [1.29, 1.82) is 0 Å². The van der Waals surface area contributed by atoms with E-state index in [0.717, 1.165) is 0 Å². The quantitative estimate of drug-likeness (QED) is 0.256. The van der Waals surface area contributed by atoms with Crippen LogP contribution in [0.5, 0.6) is 0 Å². The Bertz CT molecular complexity index is 208. The van der Waals surface area contributed by atoms with Gasteiger partial charge in [-0.1, -0.05) is 117 Å². The molecule has 0 unspecified atom stereocenters. The molecule has 0 amide bonds. The van der Waals surface area contributed by atoms with Crippen LogP contribution >= 0.6 is 0 Å². The molecule has 0 fully saturated rings. The number of hydrogen-bond donors (Lipinski definition) is 1. The average molecular weight is 326 g/mol. The van der Waals surface area contributed by atoms with Crippen molar-refractivity contribution in [3.63, 3.8) is 0 Å². The number of hydrogen-bond acceptors (Lipinski definition) is 1. The standard InChI is InChI=1S/C22H47N/c1-4-7-10-12-14-17-20-22(23,19-16-9-6-3)21-18-15-13-11-8-5-2/h4-21,23H2,1-3H3. The van der Waals surface area contributed by atoms with Gasteiger partial charge in [-0.15, -0.1) is 0 Å². The summed E-state index contributed by atoms with van der Waals surface area (Å²) >= 11 is 0. The SMILES string of the molecule is CCCCCCCCC(N)(CCCCC)CCCCCCCC. The predicted molar refractivity (Wildman–Crippen MR) is 107 cm³/mol. The molecule has 0 spiro atoms. The molecule has 0 aliphatic carbocycles. The van der Waals surface area contributed by atoms with Crippen LogP contribution in [0.25, 0.3) is 0 Å². The molecule has 1 nitrogen and oxygen atoms in total. The van der Waals surface area contributed by atoms with Gasteiger partial charge in [-0.2, -0.15) is 0 Å². The molecule has 0 aromatic heterocycles. The second-order valence-electron chi connectivity index (χ2n) is 7.86. The van der Waals surface area contributed by atoms with Gasteiger partial charge in [0.15, 0.2) is 0 Å². The predicted octanol–water partition coefficient (Wildman–Crippen LogP) is 7.77. The average Bonchev–Trinajstić information content (AvgIpc) is 2.54. The minimum Gasteiger partial charge on any atom is -0.325 e. The molecule has 23 heavy (non-hydrogen) atoms. The minimum absolute atomic E-state index is 0.144. The highest BCUT2D eigenvalue weighted by atomic mass is 14.7. The maximum absolute atomic E-state index is 6.82. The van der Waals surface area contributed by atoms with Crippen LogP contribution in [-0.4, -0.2) is 5.54 Å². The number of unbranched alkanes of at least 4 members (excludes halogenated alkanes) is 12. The van der Waals surface area contributed by atoms with Crippen molar-refractivity contribution in [2.45, 2.75) is 142 Å². The minimum atomic E-state index is 0.144. The maximum atomic E-state index is 6.82. The van der Waals surface area contributed by atoms with Gasteiger partial charge in [-0.05, 0) is 19.3 Å². The van der Waals surface area contributed by atoms with Crippen LogP contribution < -0.4 is 5.73 Å². The second-order valence-corrected chi connectivity index (χ2v) is 7.86. The normalized spacial score (nSPS) is 12.0. The molecule has 2 N–H and O–H groups in total. The van der Waals surface area contributed by atoms with Crippen molar-refractivity contribution in [3.05, 3.63) is 0 Å². The molecular weight excluding hydrogens is 278 g/mol. The Hall–Kier alpha value is -0.0400. The van der Waals surface area contributed by atoms with Gasteiger partial charge in [0.2, 0.25) is 0 Å². The Kier molecular flexibility index (Phi) is 16.8. The van der Waals surface area contributed by atoms with Crippen molar-refractivity contribution >= 4 is 0 Å². The van der Waals surface area contributed by atoms with Crippen molar-refractivity contribution in [2.75, 3.05) is 0 Å². The lowest BCUT2D eigenvalue weighted by Gasteiger charge is -2.30. The molecule has 0 atom stereocenters. The molecule has 0 radical (unpaired) electrons. The highest BCUT2D eigenvalue weighted by Gasteiger charge is 2.23. The molecular formula is C22H47N. The topological polar surface area (TPSA) is 26.0 Å². The van der Waals surface area contributed by atoms with Gasteiger partial charge in [0.1, 0.15) is 0 Å². The smallest absolute Gasteiger partial charge is 0.0154 e. The molecule has 0 aromatic rings. The van der Waals surface area contributed by atoms with E-state index in [0.29, 0.717) is 0 Å². The lowest BCUT2D eigenvalue weighted by molar-refractivity contribution is 0.304. The zero-order valence-electron chi connectivity index (χ0n) is 16.8. The van der Waals surface area contributed by atoms with E-state index in [1.54, 1.807) is 0 Å². The summed E-state index contributed by atoms with van der Waals surface area (Å²) in [4.78, 5) is 0. The zero-order chi connectivity index (χ0) is 17.2. The fraction of sp³-hybridized carbons (Fsp3) is 1.00. The van der Waals surface area contributed by atoms with Crippen LogP contribution in [0.1, 0.15) is 136 Å². The third kappa shape index (κ3) is 15.2. The van der Waals surface area contributed by atoms with Crippen molar-refractivity contribution in [3.8, 4) is 0 Å². The zero-order valence-corrected chi connectivity index (χ0v) is 16.8. The van der Waals surface area contributed by atoms with Gasteiger partial charge < -0.3 is 5.73 Å². The Morgan fingerprint density at radius 2 is 0.696 bits per heavy atom. The fourth-order valence-electron chi connectivity index (χ4n) is 3.62. The summed E-state index contributed by atoms with van der Waals surface area (Å²) in [7, 11) is 0. The molecule has 0 heterocycles. The van der Waals surface area contributed by atoms with E-state index in [9.17, 15) is 0 Å². The summed E-state index contributed by atoms with van der Waals surface area (Å²) in [6.45, 7) is 6.87. The summed E-state index contributed by atoms with van der Waals surface area (Å²) in [6, 6.07) is 0. The third-order valence-electron chi connectivity index (χ3n) is 5.33. The second kappa shape index (κ2) is 16.8. The van der Waals surface area contributed by atoms with Gasteiger partial charge >= 0.3 is 0 Å². The van der Waals surface area contributed by atoms with Crippen LogP contribution in [0.3, 0.4) is 0 Å². The largest absolute Gasteiger partial charge is 0.325 e. The summed E-state index contributed by atoms with van der Waals surface area (Å²) in [6.07, 6.45) is 24.4. The summed E-state index contributed by atoms with van der Waals surface area (Å²) in [5.41, 5.74) is 6.96. The first-order valence-corrected chi connectivity index (χ1v) is 11.0. The van der Waals surface area contributed by atoms with E-state index < -0.39 is 0 Å². The van der Waals surface area contributed by atoms with Crippen LogP contribution in [0.15, 0.2) is 0 Å². The summed E-state index contributed by atoms with van der Waals surface area (Å²) < 4.78 is 0. The molecule has 0 saturated heterocycles. The van der Waals surface area contributed by atoms with Crippen LogP contribution in [0, 0.1) is 0 Å². The molecule has 1 heteroatoms. The molecule has 0 bridgehead atoms. The lowest BCUT2D eigenvalue weighted by Crippen LogP contribution is -2.39. The van der Waals surface area contributed by atoms with Gasteiger partial charge in [0.05, 0.1) is 0 Å². The monoisotopic (exact) mass is 325 g/mol. The highest BCUT2D eigenvalue weighted by molar-refractivity contribution is 4.84. The van der Waals surface area contributed by atoms with Gasteiger partial charge in [0, 0.05) is 5.54 Å². The van der Waals surface area contributed by atoms with Gasteiger partial charge in [0.25, 0.3) is 0 Å². The fourth-order valence-corrected chi connectivity index (χ4v) is 3.62. The molecule has 0 aromatic carbocycles. The number of rotatable bonds is 18. The lowest BCUT2D eigenvalue weighted by atomic mass is 9.83. The van der Waals surface area contributed by atoms with E-state index in [1.807, 2.05) is 0 Å². The summed E-state index contributed by atoms with van der Waals surface area (Å²) in [5.74, 6) is 0. The van der Waals surface area contributed by atoms with Gasteiger partial charge in [-0.25, -0.2) is 0 Å². The van der Waals surface area contributed by atoms with E-state index in [4.69, 9.17) is 5.73 Å². The first-order chi connectivity index (χ1) is 11.2. The Morgan fingerprint density at radius 3 is 1.09 bits per heavy atom. The van der Waals surface area contributed by atoms with Crippen LogP contribution in [0.2, 0.25) is 0 Å². The van der Waals surface area contributed by atoms with Crippen LogP contribution in [0.4, 0.5) is 0 Å². The van der Waals surface area contributed by atoms with Crippen molar-refractivity contribution < 1.29 is 0 Å². The Balaban J connectivity index is 3.93. The first kappa shape index (κ1) is 23.0. The van der Waals surface area contributed by atoms with Crippen LogP contribution in [-0.2, 0) is 0 Å². The number of nitrogens with two attached hydrogens (primary N) is 1.